The summed E-state index contributed by atoms with van der Waals surface area (Å²) >= 11 is 0. The Labute approximate surface area is 171 Å². The predicted octanol–water partition coefficient (Wildman–Crippen LogP) is 3.35. The Morgan fingerprint density at radius 3 is 2.17 bits per heavy atom. The molecule has 6 heteroatoms. The summed E-state index contributed by atoms with van der Waals surface area (Å²) in [5.74, 6) is 1.47. The van der Waals surface area contributed by atoms with Gasteiger partial charge in [-0.2, -0.15) is 0 Å². The molecule has 0 saturated carbocycles. The summed E-state index contributed by atoms with van der Waals surface area (Å²) in [6.45, 7) is 8.74. The molecule has 0 atom stereocenters. The molecule has 150 valence electrons. The maximum atomic E-state index is 13.1. The Bertz CT molecular complexity index is 887. The average molecular weight is 390 g/mol. The van der Waals surface area contributed by atoms with E-state index in [9.17, 15) is 4.79 Å². The van der Waals surface area contributed by atoms with Crippen molar-refractivity contribution in [3.8, 4) is 17.1 Å². The Hall–Kier alpha value is -2.99. The van der Waals surface area contributed by atoms with Crippen molar-refractivity contribution >= 4 is 5.91 Å². The minimum absolute atomic E-state index is 0.0962. The SMILES string of the molecule is CC(C)CN1CCN(C(=O)c2nc(-c3ccccc3)n(-c3ccccc3)n2)CC1. The van der Waals surface area contributed by atoms with E-state index in [1.165, 1.54) is 0 Å². The first-order chi connectivity index (χ1) is 14.1. The summed E-state index contributed by atoms with van der Waals surface area (Å²) in [5, 5.41) is 4.60. The predicted molar refractivity (Wildman–Crippen MR) is 114 cm³/mol. The fourth-order valence-corrected chi connectivity index (χ4v) is 3.72. The number of para-hydroxylation sites is 1. The van der Waals surface area contributed by atoms with Crippen LogP contribution in [0.5, 0.6) is 0 Å². The van der Waals surface area contributed by atoms with E-state index in [0.717, 1.165) is 30.9 Å². The number of hydrogen-bond acceptors (Lipinski definition) is 4. The van der Waals surface area contributed by atoms with Crippen molar-refractivity contribution in [2.24, 2.45) is 5.92 Å². The standard InChI is InChI=1S/C23H27N5O/c1-18(2)17-26-13-15-27(16-14-26)23(29)21-24-22(19-9-5-3-6-10-19)28(25-21)20-11-7-4-8-12-20/h3-12,18H,13-17H2,1-2H3. The van der Waals surface area contributed by atoms with Crippen LogP contribution in [0.25, 0.3) is 17.1 Å². The van der Waals surface area contributed by atoms with E-state index in [4.69, 9.17) is 0 Å². The second kappa shape index (κ2) is 8.57. The highest BCUT2D eigenvalue weighted by Gasteiger charge is 2.26. The monoisotopic (exact) mass is 389 g/mol. The van der Waals surface area contributed by atoms with Crippen LogP contribution in [0.1, 0.15) is 24.5 Å². The van der Waals surface area contributed by atoms with Gasteiger partial charge < -0.3 is 4.90 Å². The number of benzene rings is 2. The third-order valence-electron chi connectivity index (χ3n) is 5.11. The summed E-state index contributed by atoms with van der Waals surface area (Å²) in [4.78, 5) is 22.1. The average Bonchev–Trinajstić information content (AvgIpc) is 3.20. The van der Waals surface area contributed by atoms with Crippen molar-refractivity contribution in [1.29, 1.82) is 0 Å². The largest absolute Gasteiger partial charge is 0.333 e. The van der Waals surface area contributed by atoms with Crippen molar-refractivity contribution in [1.82, 2.24) is 24.6 Å². The molecule has 0 spiro atoms. The summed E-state index contributed by atoms with van der Waals surface area (Å²) in [5.41, 5.74) is 1.82. The number of amides is 1. The fraction of sp³-hybridized carbons (Fsp3) is 0.348. The van der Waals surface area contributed by atoms with Crippen molar-refractivity contribution in [3.63, 3.8) is 0 Å². The molecular weight excluding hydrogens is 362 g/mol. The van der Waals surface area contributed by atoms with Crippen LogP contribution in [-0.2, 0) is 0 Å². The van der Waals surface area contributed by atoms with E-state index in [2.05, 4.69) is 28.8 Å². The zero-order valence-corrected chi connectivity index (χ0v) is 17.0. The van der Waals surface area contributed by atoms with Crippen molar-refractivity contribution < 1.29 is 4.79 Å². The quantitative estimate of drug-likeness (QED) is 0.672. The summed E-state index contributed by atoms with van der Waals surface area (Å²) < 4.78 is 1.76. The van der Waals surface area contributed by atoms with E-state index >= 15 is 0 Å². The number of rotatable bonds is 5. The lowest BCUT2D eigenvalue weighted by Crippen LogP contribution is -2.49. The van der Waals surface area contributed by atoms with E-state index < -0.39 is 0 Å². The van der Waals surface area contributed by atoms with Crippen molar-refractivity contribution in [3.05, 3.63) is 66.5 Å². The van der Waals surface area contributed by atoms with Crippen LogP contribution in [0, 0.1) is 5.92 Å². The minimum Gasteiger partial charge on any atom is -0.333 e. The first-order valence-corrected chi connectivity index (χ1v) is 10.2. The van der Waals surface area contributed by atoms with Gasteiger partial charge in [0.25, 0.3) is 5.91 Å². The Kier molecular flexibility index (Phi) is 5.71. The lowest BCUT2D eigenvalue weighted by molar-refractivity contribution is 0.0612. The number of piperazine rings is 1. The number of hydrogen-bond donors (Lipinski definition) is 0. The maximum absolute atomic E-state index is 13.1. The van der Waals surface area contributed by atoms with Gasteiger partial charge in [0.15, 0.2) is 5.82 Å². The zero-order valence-electron chi connectivity index (χ0n) is 17.0. The van der Waals surface area contributed by atoms with Gasteiger partial charge in [-0.05, 0) is 18.1 Å². The van der Waals surface area contributed by atoms with E-state index in [-0.39, 0.29) is 11.7 Å². The van der Waals surface area contributed by atoms with Crippen LogP contribution in [0.2, 0.25) is 0 Å². The van der Waals surface area contributed by atoms with Gasteiger partial charge in [0.05, 0.1) is 5.69 Å². The molecule has 0 bridgehead atoms. The number of carbonyl (C=O) groups excluding carboxylic acids is 1. The van der Waals surface area contributed by atoms with Gasteiger partial charge in [0.2, 0.25) is 5.82 Å². The van der Waals surface area contributed by atoms with Gasteiger partial charge in [-0.1, -0.05) is 62.4 Å². The molecule has 1 amide bonds. The normalized spacial score (nSPS) is 15.1. The highest BCUT2D eigenvalue weighted by Crippen LogP contribution is 2.21. The Balaban J connectivity index is 1.60. The zero-order chi connectivity index (χ0) is 20.2. The van der Waals surface area contributed by atoms with Crippen LogP contribution >= 0.6 is 0 Å². The van der Waals surface area contributed by atoms with Gasteiger partial charge in [0.1, 0.15) is 0 Å². The molecule has 1 saturated heterocycles. The molecule has 1 fully saturated rings. The molecule has 4 rings (SSSR count). The molecule has 0 N–H and O–H groups in total. The molecule has 29 heavy (non-hydrogen) atoms. The Morgan fingerprint density at radius 2 is 1.55 bits per heavy atom. The van der Waals surface area contributed by atoms with Crippen LogP contribution in [0.3, 0.4) is 0 Å². The summed E-state index contributed by atoms with van der Waals surface area (Å²) in [7, 11) is 0. The summed E-state index contributed by atoms with van der Waals surface area (Å²) in [6, 6.07) is 19.7. The van der Waals surface area contributed by atoms with Gasteiger partial charge in [-0.15, -0.1) is 5.10 Å². The lowest BCUT2D eigenvalue weighted by Gasteiger charge is -2.34. The molecule has 0 unspecified atom stereocenters. The van der Waals surface area contributed by atoms with E-state index in [1.54, 1.807) is 4.68 Å². The fourth-order valence-electron chi connectivity index (χ4n) is 3.72. The number of aromatic nitrogens is 3. The number of carbonyl (C=O) groups is 1. The molecule has 1 aliphatic rings. The number of nitrogens with zero attached hydrogens (tertiary/aromatic N) is 5. The van der Waals surface area contributed by atoms with Gasteiger partial charge in [-0.3, -0.25) is 9.69 Å². The van der Waals surface area contributed by atoms with Gasteiger partial charge in [0, 0.05) is 38.3 Å². The smallest absolute Gasteiger partial charge is 0.293 e. The van der Waals surface area contributed by atoms with Crippen LogP contribution in [-0.4, -0.2) is 63.2 Å². The third-order valence-corrected chi connectivity index (χ3v) is 5.11. The molecule has 0 aliphatic carbocycles. The third kappa shape index (κ3) is 4.38. The van der Waals surface area contributed by atoms with Crippen molar-refractivity contribution in [2.75, 3.05) is 32.7 Å². The summed E-state index contributed by atoms with van der Waals surface area (Å²) in [6.07, 6.45) is 0. The minimum atomic E-state index is -0.0962. The first-order valence-electron chi connectivity index (χ1n) is 10.2. The van der Waals surface area contributed by atoms with Crippen LogP contribution < -0.4 is 0 Å². The van der Waals surface area contributed by atoms with E-state index in [0.29, 0.717) is 24.8 Å². The topological polar surface area (TPSA) is 54.3 Å². The highest BCUT2D eigenvalue weighted by atomic mass is 16.2. The first kappa shape index (κ1) is 19.3. The van der Waals surface area contributed by atoms with Crippen LogP contribution in [0.15, 0.2) is 60.7 Å². The lowest BCUT2D eigenvalue weighted by atomic mass is 10.2. The Morgan fingerprint density at radius 1 is 0.931 bits per heavy atom. The molecule has 3 aromatic rings. The second-order valence-corrected chi connectivity index (χ2v) is 7.86. The van der Waals surface area contributed by atoms with Gasteiger partial charge in [-0.25, -0.2) is 9.67 Å². The molecule has 2 heterocycles. The second-order valence-electron chi connectivity index (χ2n) is 7.86. The molecule has 2 aromatic carbocycles. The van der Waals surface area contributed by atoms with Gasteiger partial charge >= 0.3 is 0 Å². The maximum Gasteiger partial charge on any atom is 0.293 e. The molecular formula is C23H27N5O. The van der Waals surface area contributed by atoms with E-state index in [1.807, 2.05) is 65.6 Å². The molecule has 1 aliphatic heterocycles. The molecule has 6 nitrogen and oxygen atoms in total. The highest BCUT2D eigenvalue weighted by molar-refractivity contribution is 5.91. The van der Waals surface area contributed by atoms with Crippen LogP contribution in [0.4, 0.5) is 0 Å². The molecule has 1 aromatic heterocycles. The molecule has 0 radical (unpaired) electrons. The van der Waals surface area contributed by atoms with Crippen molar-refractivity contribution in [2.45, 2.75) is 13.8 Å².